The number of benzene rings is 1. The molecule has 3 rings (SSSR count). The Kier molecular flexibility index (Phi) is 5.22. The maximum atomic E-state index is 12.6. The van der Waals surface area contributed by atoms with E-state index in [-0.39, 0.29) is 23.8 Å². The van der Waals surface area contributed by atoms with Crippen LogP contribution in [0.5, 0.6) is 0 Å². The molecule has 0 aromatic heterocycles. The summed E-state index contributed by atoms with van der Waals surface area (Å²) in [5.41, 5.74) is 1.11. The van der Waals surface area contributed by atoms with Crippen molar-refractivity contribution in [3.8, 4) is 0 Å². The van der Waals surface area contributed by atoms with Gasteiger partial charge in [-0.05, 0) is 23.8 Å². The van der Waals surface area contributed by atoms with Crippen LogP contribution in [0, 0.1) is 17.8 Å². The van der Waals surface area contributed by atoms with Crippen molar-refractivity contribution in [2.24, 2.45) is 17.8 Å². The third kappa shape index (κ3) is 3.80. The van der Waals surface area contributed by atoms with E-state index in [1.54, 1.807) is 0 Å². The summed E-state index contributed by atoms with van der Waals surface area (Å²) in [4.78, 5) is 26.7. The van der Waals surface area contributed by atoms with Crippen molar-refractivity contribution in [2.45, 2.75) is 52.1 Å². The summed E-state index contributed by atoms with van der Waals surface area (Å²) in [5.74, 6) is 1.11. The molecule has 1 saturated carbocycles. The van der Waals surface area contributed by atoms with Gasteiger partial charge in [0.25, 0.3) is 0 Å². The Morgan fingerprint density at radius 2 is 1.96 bits per heavy atom. The molecule has 0 spiro atoms. The monoisotopic (exact) mass is 328 g/mol. The van der Waals surface area contributed by atoms with E-state index in [1.165, 1.54) is 12.8 Å². The van der Waals surface area contributed by atoms with Crippen LogP contribution in [0.15, 0.2) is 30.3 Å². The number of hydrogen-bond donors (Lipinski definition) is 1. The summed E-state index contributed by atoms with van der Waals surface area (Å²) in [7, 11) is 0. The molecule has 0 unspecified atom stereocenters. The SMILES string of the molecule is C[C@H]1[C@H](C)CCC[C@@H]1NC(=O)[C@@H]1CC(=O)N(Cc2ccccc2)C1. The standard InChI is InChI=1S/C20H28N2O2/c1-14-7-6-10-18(15(14)2)21-20(24)17-11-19(23)22(13-17)12-16-8-4-3-5-9-16/h3-5,8-9,14-15,17-18H,6-7,10-13H2,1-2H3,(H,21,24)/t14-,15+,17-,18+/m1/s1. The molecular weight excluding hydrogens is 300 g/mol. The van der Waals surface area contributed by atoms with Crippen LogP contribution in [-0.2, 0) is 16.1 Å². The van der Waals surface area contributed by atoms with Gasteiger partial charge in [-0.1, -0.05) is 57.0 Å². The van der Waals surface area contributed by atoms with E-state index in [4.69, 9.17) is 0 Å². The second-order valence-corrected chi connectivity index (χ2v) is 7.54. The fourth-order valence-corrected chi connectivity index (χ4v) is 3.99. The fourth-order valence-electron chi connectivity index (χ4n) is 3.99. The first-order valence-electron chi connectivity index (χ1n) is 9.16. The lowest BCUT2D eigenvalue weighted by molar-refractivity contribution is -0.129. The van der Waals surface area contributed by atoms with Crippen LogP contribution in [0.2, 0.25) is 0 Å². The van der Waals surface area contributed by atoms with Gasteiger partial charge in [0.15, 0.2) is 0 Å². The topological polar surface area (TPSA) is 49.4 Å². The summed E-state index contributed by atoms with van der Waals surface area (Å²) < 4.78 is 0. The van der Waals surface area contributed by atoms with Gasteiger partial charge in [0.2, 0.25) is 11.8 Å². The van der Waals surface area contributed by atoms with Gasteiger partial charge in [-0.25, -0.2) is 0 Å². The summed E-state index contributed by atoms with van der Waals surface area (Å²) in [6, 6.07) is 10.2. The lowest BCUT2D eigenvalue weighted by Gasteiger charge is -2.35. The van der Waals surface area contributed by atoms with Crippen LogP contribution in [-0.4, -0.2) is 29.3 Å². The Labute approximate surface area is 144 Å². The molecule has 4 nitrogen and oxygen atoms in total. The number of likely N-dealkylation sites (tertiary alicyclic amines) is 1. The Bertz CT molecular complexity index is 587. The van der Waals surface area contributed by atoms with Crippen molar-refractivity contribution in [1.29, 1.82) is 0 Å². The Morgan fingerprint density at radius 1 is 1.21 bits per heavy atom. The normalized spacial score (nSPS) is 30.4. The lowest BCUT2D eigenvalue weighted by atomic mass is 9.78. The minimum atomic E-state index is -0.203. The fraction of sp³-hybridized carbons (Fsp3) is 0.600. The van der Waals surface area contributed by atoms with Crippen molar-refractivity contribution in [2.75, 3.05) is 6.54 Å². The molecule has 4 heteroatoms. The highest BCUT2D eigenvalue weighted by molar-refractivity contribution is 5.89. The number of amides is 2. The summed E-state index contributed by atoms with van der Waals surface area (Å²) in [6.07, 6.45) is 3.83. The third-order valence-corrected chi connectivity index (χ3v) is 5.84. The Morgan fingerprint density at radius 3 is 2.71 bits per heavy atom. The minimum Gasteiger partial charge on any atom is -0.353 e. The van der Waals surface area contributed by atoms with E-state index in [1.807, 2.05) is 35.2 Å². The maximum absolute atomic E-state index is 12.6. The predicted octanol–water partition coefficient (Wildman–Crippen LogP) is 2.98. The van der Waals surface area contributed by atoms with E-state index >= 15 is 0 Å². The molecule has 1 aromatic carbocycles. The highest BCUT2D eigenvalue weighted by Crippen LogP contribution is 2.30. The highest BCUT2D eigenvalue weighted by Gasteiger charge is 2.36. The minimum absolute atomic E-state index is 0.0601. The number of nitrogens with zero attached hydrogens (tertiary/aromatic N) is 1. The van der Waals surface area contributed by atoms with E-state index in [9.17, 15) is 9.59 Å². The number of rotatable bonds is 4. The molecule has 2 amide bonds. The average molecular weight is 328 g/mol. The molecule has 0 radical (unpaired) electrons. The van der Waals surface area contributed by atoms with Crippen LogP contribution < -0.4 is 5.32 Å². The molecule has 1 aliphatic heterocycles. The second-order valence-electron chi connectivity index (χ2n) is 7.54. The van der Waals surface area contributed by atoms with Crippen LogP contribution in [0.3, 0.4) is 0 Å². The molecule has 1 aliphatic carbocycles. The van der Waals surface area contributed by atoms with Crippen molar-refractivity contribution in [3.05, 3.63) is 35.9 Å². The van der Waals surface area contributed by atoms with Gasteiger partial charge in [-0.3, -0.25) is 9.59 Å². The first-order valence-corrected chi connectivity index (χ1v) is 9.16. The smallest absolute Gasteiger partial charge is 0.225 e. The molecule has 1 aromatic rings. The van der Waals surface area contributed by atoms with Gasteiger partial charge < -0.3 is 10.2 Å². The molecule has 1 heterocycles. The molecule has 130 valence electrons. The van der Waals surface area contributed by atoms with Gasteiger partial charge in [0.1, 0.15) is 0 Å². The predicted molar refractivity (Wildman–Crippen MR) is 94.1 cm³/mol. The highest BCUT2D eigenvalue weighted by atomic mass is 16.2. The van der Waals surface area contributed by atoms with Gasteiger partial charge >= 0.3 is 0 Å². The van der Waals surface area contributed by atoms with Gasteiger partial charge in [-0.2, -0.15) is 0 Å². The Balaban J connectivity index is 1.56. The Hall–Kier alpha value is -1.84. The summed E-state index contributed by atoms with van der Waals surface area (Å²) >= 11 is 0. The van der Waals surface area contributed by atoms with Gasteiger partial charge in [0.05, 0.1) is 5.92 Å². The molecular formula is C20H28N2O2. The lowest BCUT2D eigenvalue weighted by Crippen LogP contribution is -2.46. The quantitative estimate of drug-likeness (QED) is 0.924. The zero-order valence-electron chi connectivity index (χ0n) is 14.7. The molecule has 2 fully saturated rings. The van der Waals surface area contributed by atoms with Crippen LogP contribution in [0.4, 0.5) is 0 Å². The maximum Gasteiger partial charge on any atom is 0.225 e. The molecule has 1 saturated heterocycles. The van der Waals surface area contributed by atoms with Crippen molar-refractivity contribution < 1.29 is 9.59 Å². The zero-order chi connectivity index (χ0) is 17.1. The van der Waals surface area contributed by atoms with Crippen LogP contribution in [0.25, 0.3) is 0 Å². The second kappa shape index (κ2) is 7.37. The molecule has 0 bridgehead atoms. The summed E-state index contributed by atoms with van der Waals surface area (Å²) in [5, 5.41) is 3.23. The van der Waals surface area contributed by atoms with Crippen molar-refractivity contribution >= 4 is 11.8 Å². The number of nitrogens with one attached hydrogen (secondary N) is 1. The average Bonchev–Trinajstić information content (AvgIpc) is 2.94. The van der Waals surface area contributed by atoms with E-state index in [0.717, 1.165) is 12.0 Å². The molecule has 2 aliphatic rings. The van der Waals surface area contributed by atoms with Gasteiger partial charge in [0, 0.05) is 25.6 Å². The third-order valence-electron chi connectivity index (χ3n) is 5.84. The molecule has 4 atom stereocenters. The van der Waals surface area contributed by atoms with Crippen LogP contribution >= 0.6 is 0 Å². The molecule has 1 N–H and O–H groups in total. The largest absolute Gasteiger partial charge is 0.353 e. The number of carbonyl (C=O) groups excluding carboxylic acids is 2. The van der Waals surface area contributed by atoms with Crippen LogP contribution in [0.1, 0.15) is 45.1 Å². The van der Waals surface area contributed by atoms with Gasteiger partial charge in [-0.15, -0.1) is 0 Å². The molecule has 24 heavy (non-hydrogen) atoms. The van der Waals surface area contributed by atoms with Crippen molar-refractivity contribution in [3.63, 3.8) is 0 Å². The zero-order valence-corrected chi connectivity index (χ0v) is 14.7. The first-order chi connectivity index (χ1) is 11.5. The first kappa shape index (κ1) is 17.0. The van der Waals surface area contributed by atoms with E-state index < -0.39 is 0 Å². The number of carbonyl (C=O) groups is 2. The van der Waals surface area contributed by atoms with E-state index in [2.05, 4.69) is 19.2 Å². The summed E-state index contributed by atoms with van der Waals surface area (Å²) in [6.45, 7) is 5.64. The number of hydrogen-bond acceptors (Lipinski definition) is 2. The van der Waals surface area contributed by atoms with Crippen molar-refractivity contribution in [1.82, 2.24) is 10.2 Å². The van der Waals surface area contributed by atoms with E-state index in [0.29, 0.717) is 31.3 Å².